The standard InChI is InChI=1S/C30H33N3O2/c1-2-22-10-12-23(13-11-22)7-5-6-17-32-30(35)27-9-4-3-8-24(27)20-31-18-16-25-21-33-29-15-14-26(34)19-28(25)29/h3-5,7-15,19,21,31,33-34H,2,6,16-18,20H2,1H3,(H,32,35)/b7-5+. The maximum Gasteiger partial charge on any atom is 0.251 e. The zero-order chi connectivity index (χ0) is 24.5. The van der Waals surface area contributed by atoms with Gasteiger partial charge in [0.2, 0.25) is 0 Å². The molecule has 180 valence electrons. The molecule has 3 aromatic carbocycles. The summed E-state index contributed by atoms with van der Waals surface area (Å²) in [6.45, 7) is 4.13. The number of phenols is 1. The van der Waals surface area contributed by atoms with Crippen LogP contribution in [0.4, 0.5) is 0 Å². The van der Waals surface area contributed by atoms with Gasteiger partial charge in [-0.05, 0) is 72.3 Å². The first-order chi connectivity index (χ1) is 17.1. The third kappa shape index (κ3) is 6.61. The van der Waals surface area contributed by atoms with Crippen LogP contribution in [0.5, 0.6) is 5.75 Å². The predicted molar refractivity (Wildman–Crippen MR) is 144 cm³/mol. The highest BCUT2D eigenvalue weighted by atomic mass is 16.3. The highest BCUT2D eigenvalue weighted by Gasteiger charge is 2.10. The maximum atomic E-state index is 12.8. The Labute approximate surface area is 206 Å². The molecule has 0 radical (unpaired) electrons. The largest absolute Gasteiger partial charge is 0.508 e. The first-order valence-corrected chi connectivity index (χ1v) is 12.3. The summed E-state index contributed by atoms with van der Waals surface area (Å²) < 4.78 is 0. The fourth-order valence-corrected chi connectivity index (χ4v) is 4.16. The predicted octanol–water partition coefficient (Wildman–Crippen LogP) is 5.60. The summed E-state index contributed by atoms with van der Waals surface area (Å²) in [5, 5.41) is 17.3. The Bertz CT molecular complexity index is 1290. The lowest BCUT2D eigenvalue weighted by Crippen LogP contribution is -2.26. The van der Waals surface area contributed by atoms with Gasteiger partial charge < -0.3 is 20.7 Å². The molecule has 4 rings (SSSR count). The number of aromatic hydroxyl groups is 1. The molecule has 0 aliphatic rings. The molecule has 5 nitrogen and oxygen atoms in total. The number of carbonyl (C=O) groups is 1. The number of aromatic amines is 1. The Morgan fingerprint density at radius 3 is 2.66 bits per heavy atom. The van der Waals surface area contributed by atoms with Crippen LogP contribution in [-0.4, -0.2) is 29.1 Å². The molecule has 1 amide bonds. The van der Waals surface area contributed by atoms with E-state index in [1.54, 1.807) is 12.1 Å². The van der Waals surface area contributed by atoms with Crippen LogP contribution in [-0.2, 0) is 19.4 Å². The van der Waals surface area contributed by atoms with Crippen LogP contribution in [0, 0.1) is 0 Å². The molecule has 0 atom stereocenters. The number of benzene rings is 3. The molecule has 4 aromatic rings. The molecule has 0 saturated carbocycles. The first-order valence-electron chi connectivity index (χ1n) is 12.3. The minimum atomic E-state index is -0.0461. The van der Waals surface area contributed by atoms with Crippen molar-refractivity contribution in [3.05, 3.63) is 107 Å². The molecule has 0 bridgehead atoms. The van der Waals surface area contributed by atoms with Crippen molar-refractivity contribution in [1.29, 1.82) is 0 Å². The Morgan fingerprint density at radius 1 is 1.00 bits per heavy atom. The molecule has 5 heteroatoms. The fraction of sp³-hybridized carbons (Fsp3) is 0.233. The van der Waals surface area contributed by atoms with Gasteiger partial charge in [-0.2, -0.15) is 0 Å². The second-order valence-electron chi connectivity index (χ2n) is 8.67. The molecule has 1 heterocycles. The molecular weight excluding hydrogens is 434 g/mol. The lowest BCUT2D eigenvalue weighted by Gasteiger charge is -2.11. The number of hydrogen-bond donors (Lipinski definition) is 4. The lowest BCUT2D eigenvalue weighted by atomic mass is 10.1. The first kappa shape index (κ1) is 24.3. The Balaban J connectivity index is 1.24. The van der Waals surface area contributed by atoms with E-state index in [2.05, 4.69) is 59.0 Å². The second kappa shape index (κ2) is 12.0. The number of carbonyl (C=O) groups excluding carboxylic acids is 1. The highest BCUT2D eigenvalue weighted by Crippen LogP contribution is 2.23. The maximum absolute atomic E-state index is 12.8. The quantitative estimate of drug-likeness (QED) is 0.217. The SMILES string of the molecule is CCc1ccc(/C=C/CCNC(=O)c2ccccc2CNCCc2c[nH]c3ccc(O)cc23)cc1. The number of rotatable bonds is 11. The van der Waals surface area contributed by atoms with E-state index < -0.39 is 0 Å². The zero-order valence-corrected chi connectivity index (χ0v) is 20.2. The van der Waals surface area contributed by atoms with Gasteiger partial charge in [-0.1, -0.05) is 61.5 Å². The van der Waals surface area contributed by atoms with E-state index in [0.29, 0.717) is 18.7 Å². The molecule has 0 aliphatic heterocycles. The summed E-state index contributed by atoms with van der Waals surface area (Å²) in [4.78, 5) is 16.0. The van der Waals surface area contributed by atoms with Gasteiger partial charge in [-0.25, -0.2) is 0 Å². The molecule has 1 aromatic heterocycles. The van der Waals surface area contributed by atoms with E-state index in [1.165, 1.54) is 11.1 Å². The van der Waals surface area contributed by atoms with Crippen LogP contribution in [0.25, 0.3) is 17.0 Å². The van der Waals surface area contributed by atoms with E-state index >= 15 is 0 Å². The molecular formula is C30H33N3O2. The topological polar surface area (TPSA) is 77.2 Å². The van der Waals surface area contributed by atoms with Gasteiger partial charge in [-0.3, -0.25) is 4.79 Å². The second-order valence-corrected chi connectivity index (χ2v) is 8.67. The smallest absolute Gasteiger partial charge is 0.251 e. The Kier molecular flexibility index (Phi) is 8.36. The molecule has 0 fully saturated rings. The summed E-state index contributed by atoms with van der Waals surface area (Å²) >= 11 is 0. The summed E-state index contributed by atoms with van der Waals surface area (Å²) in [7, 11) is 0. The average molecular weight is 468 g/mol. The van der Waals surface area contributed by atoms with Crippen molar-refractivity contribution in [3.8, 4) is 5.75 Å². The number of hydrogen-bond acceptors (Lipinski definition) is 3. The van der Waals surface area contributed by atoms with Crippen molar-refractivity contribution in [2.45, 2.75) is 32.7 Å². The monoisotopic (exact) mass is 467 g/mol. The van der Waals surface area contributed by atoms with Crippen LogP contribution in [0.1, 0.15) is 46.0 Å². The number of nitrogens with one attached hydrogen (secondary N) is 3. The average Bonchev–Trinajstić information content (AvgIpc) is 3.28. The molecule has 4 N–H and O–H groups in total. The molecule has 0 saturated heterocycles. The van der Waals surface area contributed by atoms with Gasteiger partial charge in [0.25, 0.3) is 5.91 Å². The third-order valence-electron chi connectivity index (χ3n) is 6.19. The van der Waals surface area contributed by atoms with E-state index in [0.717, 1.165) is 47.8 Å². The fourth-order valence-electron chi connectivity index (χ4n) is 4.16. The Hall–Kier alpha value is -3.83. The Morgan fingerprint density at radius 2 is 1.83 bits per heavy atom. The van der Waals surface area contributed by atoms with E-state index in [4.69, 9.17) is 0 Å². The van der Waals surface area contributed by atoms with Gasteiger partial charge in [0.05, 0.1) is 0 Å². The van der Waals surface area contributed by atoms with Gasteiger partial charge in [-0.15, -0.1) is 0 Å². The molecule has 0 aliphatic carbocycles. The van der Waals surface area contributed by atoms with Crippen LogP contribution in [0.2, 0.25) is 0 Å². The van der Waals surface area contributed by atoms with Crippen LogP contribution < -0.4 is 10.6 Å². The van der Waals surface area contributed by atoms with Crippen molar-refractivity contribution in [3.63, 3.8) is 0 Å². The zero-order valence-electron chi connectivity index (χ0n) is 20.2. The highest BCUT2D eigenvalue weighted by molar-refractivity contribution is 5.95. The van der Waals surface area contributed by atoms with Crippen molar-refractivity contribution < 1.29 is 9.90 Å². The lowest BCUT2D eigenvalue weighted by molar-refractivity contribution is 0.0953. The number of H-pyrrole nitrogens is 1. The van der Waals surface area contributed by atoms with Gasteiger partial charge >= 0.3 is 0 Å². The summed E-state index contributed by atoms with van der Waals surface area (Å²) in [6.07, 6.45) is 8.83. The van der Waals surface area contributed by atoms with Crippen molar-refractivity contribution in [1.82, 2.24) is 15.6 Å². The molecule has 0 spiro atoms. The summed E-state index contributed by atoms with van der Waals surface area (Å²) in [6, 6.07) is 21.6. The number of aryl methyl sites for hydroxylation is 1. The summed E-state index contributed by atoms with van der Waals surface area (Å²) in [5.41, 5.74) is 6.37. The normalized spacial score (nSPS) is 11.3. The van der Waals surface area contributed by atoms with E-state index in [9.17, 15) is 9.90 Å². The van der Waals surface area contributed by atoms with Gasteiger partial charge in [0.1, 0.15) is 5.75 Å². The molecule has 35 heavy (non-hydrogen) atoms. The van der Waals surface area contributed by atoms with Crippen molar-refractivity contribution >= 4 is 22.9 Å². The number of amides is 1. The minimum Gasteiger partial charge on any atom is -0.508 e. The van der Waals surface area contributed by atoms with E-state index in [-0.39, 0.29) is 11.7 Å². The minimum absolute atomic E-state index is 0.0461. The number of fused-ring (bicyclic) bond motifs is 1. The van der Waals surface area contributed by atoms with Crippen LogP contribution in [0.15, 0.2) is 79.0 Å². The van der Waals surface area contributed by atoms with Gasteiger partial charge in [0, 0.05) is 35.8 Å². The van der Waals surface area contributed by atoms with E-state index in [1.807, 2.05) is 36.5 Å². The van der Waals surface area contributed by atoms with Gasteiger partial charge in [0.15, 0.2) is 0 Å². The summed E-state index contributed by atoms with van der Waals surface area (Å²) in [5.74, 6) is 0.225. The molecule has 0 unspecified atom stereocenters. The number of aromatic nitrogens is 1. The van der Waals surface area contributed by atoms with Crippen LogP contribution >= 0.6 is 0 Å². The van der Waals surface area contributed by atoms with Crippen molar-refractivity contribution in [2.75, 3.05) is 13.1 Å². The number of phenolic OH excluding ortho intramolecular Hbond substituents is 1. The van der Waals surface area contributed by atoms with Crippen molar-refractivity contribution in [2.24, 2.45) is 0 Å². The third-order valence-corrected chi connectivity index (χ3v) is 6.19. The van der Waals surface area contributed by atoms with Crippen LogP contribution in [0.3, 0.4) is 0 Å².